The van der Waals surface area contributed by atoms with E-state index in [1.165, 1.54) is 38.5 Å². The summed E-state index contributed by atoms with van der Waals surface area (Å²) in [6.45, 7) is 5.15. The van der Waals surface area contributed by atoms with Gasteiger partial charge in [0, 0.05) is 19.1 Å². The molecule has 0 aliphatic heterocycles. The highest BCUT2D eigenvalue weighted by atomic mass is 16.2. The molecule has 2 saturated carbocycles. The zero-order valence-electron chi connectivity index (χ0n) is 11.5. The van der Waals surface area contributed by atoms with Crippen LogP contribution in [0.3, 0.4) is 0 Å². The maximum atomic E-state index is 11.9. The van der Waals surface area contributed by atoms with Crippen molar-refractivity contribution in [2.45, 2.75) is 64.5 Å². The molecule has 2 fully saturated rings. The van der Waals surface area contributed by atoms with Crippen LogP contribution in [0.4, 0.5) is 0 Å². The predicted octanol–water partition coefficient (Wildman–Crippen LogP) is 2.17. The van der Waals surface area contributed by atoms with E-state index in [-0.39, 0.29) is 5.91 Å². The Hall–Kier alpha value is -0.570. The number of nitrogens with one attached hydrogen (secondary N) is 1. The first-order valence-corrected chi connectivity index (χ1v) is 7.00. The van der Waals surface area contributed by atoms with Gasteiger partial charge in [-0.25, -0.2) is 0 Å². The van der Waals surface area contributed by atoms with E-state index in [0.717, 1.165) is 0 Å². The van der Waals surface area contributed by atoms with Gasteiger partial charge in [0.05, 0.1) is 6.54 Å². The Labute approximate surface area is 105 Å². The summed E-state index contributed by atoms with van der Waals surface area (Å²) in [5, 5.41) is 3.48. The Morgan fingerprint density at radius 3 is 2.59 bits per heavy atom. The second-order valence-electron chi connectivity index (χ2n) is 6.40. The molecule has 2 aliphatic rings. The van der Waals surface area contributed by atoms with Gasteiger partial charge >= 0.3 is 0 Å². The van der Waals surface area contributed by atoms with Gasteiger partial charge < -0.3 is 10.2 Å². The monoisotopic (exact) mass is 238 g/mol. The van der Waals surface area contributed by atoms with Crippen molar-refractivity contribution in [2.75, 3.05) is 13.6 Å². The largest absolute Gasteiger partial charge is 0.342 e. The number of nitrogens with zero attached hydrogens (tertiary/aromatic N) is 1. The summed E-state index contributed by atoms with van der Waals surface area (Å²) in [6, 6.07) is 1.04. The Morgan fingerprint density at radius 2 is 2.00 bits per heavy atom. The fourth-order valence-corrected chi connectivity index (χ4v) is 2.87. The zero-order chi connectivity index (χ0) is 12.5. The lowest BCUT2D eigenvalue weighted by Gasteiger charge is -2.39. The topological polar surface area (TPSA) is 32.3 Å². The van der Waals surface area contributed by atoms with Crippen LogP contribution in [0.1, 0.15) is 52.4 Å². The van der Waals surface area contributed by atoms with Gasteiger partial charge in [-0.3, -0.25) is 4.79 Å². The summed E-state index contributed by atoms with van der Waals surface area (Å²) in [5.41, 5.74) is 0.344. The molecule has 0 spiro atoms. The quantitative estimate of drug-likeness (QED) is 0.814. The van der Waals surface area contributed by atoms with Crippen LogP contribution < -0.4 is 5.32 Å². The minimum absolute atomic E-state index is 0.258. The number of carbonyl (C=O) groups is 1. The van der Waals surface area contributed by atoms with Gasteiger partial charge in [-0.15, -0.1) is 0 Å². The Balaban J connectivity index is 1.78. The second kappa shape index (κ2) is 4.97. The molecule has 17 heavy (non-hydrogen) atoms. The molecule has 3 heteroatoms. The van der Waals surface area contributed by atoms with Gasteiger partial charge in [-0.2, -0.15) is 0 Å². The van der Waals surface area contributed by atoms with E-state index in [1.54, 1.807) is 0 Å². The van der Waals surface area contributed by atoms with Crippen LogP contribution >= 0.6 is 0 Å². The summed E-state index contributed by atoms with van der Waals surface area (Å²) < 4.78 is 0. The highest BCUT2D eigenvalue weighted by Gasteiger charge is 2.33. The first-order valence-electron chi connectivity index (χ1n) is 7.00. The molecule has 3 nitrogen and oxygen atoms in total. The van der Waals surface area contributed by atoms with Crippen molar-refractivity contribution >= 4 is 5.91 Å². The van der Waals surface area contributed by atoms with Crippen molar-refractivity contribution in [1.82, 2.24) is 10.2 Å². The van der Waals surface area contributed by atoms with Crippen molar-refractivity contribution in [2.24, 2.45) is 5.41 Å². The molecule has 2 rings (SSSR count). The van der Waals surface area contributed by atoms with Gasteiger partial charge in [0.1, 0.15) is 0 Å². The molecule has 0 saturated heterocycles. The minimum Gasteiger partial charge on any atom is -0.342 e. The molecular formula is C14H26N2O. The molecule has 0 heterocycles. The Bertz CT molecular complexity index is 284. The van der Waals surface area contributed by atoms with Crippen LogP contribution in [0.15, 0.2) is 0 Å². The average molecular weight is 238 g/mol. The van der Waals surface area contributed by atoms with Crippen LogP contribution in [0.5, 0.6) is 0 Å². The van der Waals surface area contributed by atoms with E-state index >= 15 is 0 Å². The molecule has 2 aliphatic carbocycles. The van der Waals surface area contributed by atoms with E-state index in [2.05, 4.69) is 19.2 Å². The highest BCUT2D eigenvalue weighted by molar-refractivity contribution is 5.78. The van der Waals surface area contributed by atoms with Gasteiger partial charge in [0.25, 0.3) is 0 Å². The van der Waals surface area contributed by atoms with E-state index in [1.807, 2.05) is 11.9 Å². The number of likely N-dealkylation sites (N-methyl/N-ethyl adjacent to an activating group) is 1. The number of rotatable bonds is 4. The van der Waals surface area contributed by atoms with Gasteiger partial charge in [-0.1, -0.05) is 26.7 Å². The lowest BCUT2D eigenvalue weighted by Crippen LogP contribution is -2.48. The molecule has 0 aromatic rings. The Kier molecular flexibility index (Phi) is 3.76. The molecule has 98 valence electrons. The molecule has 0 aromatic heterocycles. The summed E-state index contributed by atoms with van der Waals surface area (Å²) in [5.74, 6) is 0.258. The van der Waals surface area contributed by atoms with E-state index < -0.39 is 0 Å². The van der Waals surface area contributed by atoms with Gasteiger partial charge in [0.15, 0.2) is 0 Å². The van der Waals surface area contributed by atoms with Crippen LogP contribution in [0.2, 0.25) is 0 Å². The summed E-state index contributed by atoms with van der Waals surface area (Å²) >= 11 is 0. The number of amides is 1. The summed E-state index contributed by atoms with van der Waals surface area (Å²) in [6.07, 6.45) is 7.51. The maximum Gasteiger partial charge on any atom is 0.236 e. The first kappa shape index (κ1) is 12.9. The lowest BCUT2D eigenvalue weighted by atomic mass is 9.73. The number of carbonyl (C=O) groups excluding carboxylic acids is 1. The fraction of sp³-hybridized carbons (Fsp3) is 0.929. The molecule has 0 radical (unpaired) electrons. The molecule has 1 atom stereocenters. The normalized spacial score (nSPS) is 27.8. The summed E-state index contributed by atoms with van der Waals surface area (Å²) in [7, 11) is 1.94. The van der Waals surface area contributed by atoms with Gasteiger partial charge in [0.2, 0.25) is 5.91 Å². The fourth-order valence-electron chi connectivity index (χ4n) is 2.87. The van der Waals surface area contributed by atoms with Crippen molar-refractivity contribution in [3.8, 4) is 0 Å². The molecule has 0 bridgehead atoms. The molecule has 1 unspecified atom stereocenters. The van der Waals surface area contributed by atoms with Crippen molar-refractivity contribution in [3.63, 3.8) is 0 Å². The number of hydrogen-bond donors (Lipinski definition) is 1. The molecular weight excluding hydrogens is 212 g/mol. The van der Waals surface area contributed by atoms with Crippen LogP contribution in [-0.4, -0.2) is 36.5 Å². The van der Waals surface area contributed by atoms with Crippen molar-refractivity contribution in [3.05, 3.63) is 0 Å². The van der Waals surface area contributed by atoms with Crippen LogP contribution in [0.25, 0.3) is 0 Å². The van der Waals surface area contributed by atoms with Crippen LogP contribution in [-0.2, 0) is 4.79 Å². The molecule has 0 aromatic carbocycles. The van der Waals surface area contributed by atoms with Crippen LogP contribution in [0, 0.1) is 5.41 Å². The number of hydrogen-bond acceptors (Lipinski definition) is 2. The first-order chi connectivity index (χ1) is 8.00. The highest BCUT2D eigenvalue weighted by Crippen LogP contribution is 2.35. The zero-order valence-corrected chi connectivity index (χ0v) is 11.5. The van der Waals surface area contributed by atoms with Crippen molar-refractivity contribution in [1.29, 1.82) is 0 Å². The van der Waals surface area contributed by atoms with Gasteiger partial charge in [-0.05, 0) is 31.1 Å². The minimum atomic E-state index is 0.258. The SMILES string of the molecule is CN(C(=O)CNC1CCCCC1(C)C)C1CC1. The second-order valence-corrected chi connectivity index (χ2v) is 6.40. The van der Waals surface area contributed by atoms with E-state index in [4.69, 9.17) is 0 Å². The maximum absolute atomic E-state index is 11.9. The predicted molar refractivity (Wildman–Crippen MR) is 69.8 cm³/mol. The standard InChI is InChI=1S/C14H26N2O/c1-14(2)9-5-4-6-12(14)15-10-13(17)16(3)11-7-8-11/h11-12,15H,4-10H2,1-3H3. The molecule has 1 amide bonds. The lowest BCUT2D eigenvalue weighted by molar-refractivity contribution is -0.129. The van der Waals surface area contributed by atoms with Crippen molar-refractivity contribution < 1.29 is 4.79 Å². The smallest absolute Gasteiger partial charge is 0.236 e. The van der Waals surface area contributed by atoms with E-state index in [0.29, 0.717) is 24.0 Å². The van der Waals surface area contributed by atoms with E-state index in [9.17, 15) is 4.79 Å². The molecule has 1 N–H and O–H groups in total. The third-order valence-corrected chi connectivity index (χ3v) is 4.49. The Morgan fingerprint density at radius 1 is 1.29 bits per heavy atom. The third kappa shape index (κ3) is 3.21. The third-order valence-electron chi connectivity index (χ3n) is 4.49. The summed E-state index contributed by atoms with van der Waals surface area (Å²) in [4.78, 5) is 13.9. The average Bonchev–Trinajstić information content (AvgIpc) is 3.09.